The van der Waals surface area contributed by atoms with E-state index in [1.807, 2.05) is 6.07 Å². The first-order valence-corrected chi connectivity index (χ1v) is 6.31. The van der Waals surface area contributed by atoms with Gasteiger partial charge in [-0.1, -0.05) is 13.8 Å². The molecule has 1 aromatic rings. The van der Waals surface area contributed by atoms with E-state index in [0.29, 0.717) is 11.5 Å². The molecule has 0 spiro atoms. The summed E-state index contributed by atoms with van der Waals surface area (Å²) in [5, 5.41) is 3.56. The fourth-order valence-electron chi connectivity index (χ4n) is 2.30. The molecular weight excluding hydrogens is 254 g/mol. The molecule has 0 aliphatic heterocycles. The van der Waals surface area contributed by atoms with Gasteiger partial charge in [-0.3, -0.25) is 0 Å². The molecule has 15 heavy (non-hydrogen) atoms. The zero-order valence-corrected chi connectivity index (χ0v) is 10.9. The number of hydrogen-bond donors (Lipinski definition) is 1. The Morgan fingerprint density at radius 2 is 2.40 bits per heavy atom. The quantitative estimate of drug-likeness (QED) is 0.907. The van der Waals surface area contributed by atoms with Crippen LogP contribution in [0.2, 0.25) is 0 Å². The molecule has 2 rings (SSSR count). The zero-order chi connectivity index (χ0) is 10.9. The Balaban J connectivity index is 1.83. The van der Waals surface area contributed by atoms with Gasteiger partial charge in [0.25, 0.3) is 0 Å². The monoisotopic (exact) mass is 271 g/mol. The number of hydrogen-bond acceptors (Lipinski definition) is 2. The Hall–Kier alpha value is -0.280. The van der Waals surface area contributed by atoms with E-state index >= 15 is 0 Å². The molecule has 2 nitrogen and oxygen atoms in total. The van der Waals surface area contributed by atoms with E-state index in [1.165, 1.54) is 19.3 Å². The molecule has 1 aromatic heterocycles. The summed E-state index contributed by atoms with van der Waals surface area (Å²) < 4.78 is 6.43. The molecule has 1 fully saturated rings. The number of furan rings is 1. The van der Waals surface area contributed by atoms with Crippen LogP contribution in [0.4, 0.5) is 0 Å². The highest BCUT2D eigenvalue weighted by Crippen LogP contribution is 2.37. The summed E-state index contributed by atoms with van der Waals surface area (Å²) in [6.45, 7) is 5.52. The molecule has 3 heteroatoms. The van der Waals surface area contributed by atoms with Gasteiger partial charge in [0, 0.05) is 6.04 Å². The Morgan fingerprint density at radius 1 is 1.60 bits per heavy atom. The zero-order valence-electron chi connectivity index (χ0n) is 9.35. The van der Waals surface area contributed by atoms with Crippen LogP contribution in [0, 0.1) is 5.41 Å². The first-order valence-electron chi connectivity index (χ1n) is 5.52. The summed E-state index contributed by atoms with van der Waals surface area (Å²) in [6.07, 6.45) is 5.60. The van der Waals surface area contributed by atoms with Gasteiger partial charge in [0.15, 0.2) is 0 Å². The lowest BCUT2D eigenvalue weighted by Crippen LogP contribution is -2.26. The van der Waals surface area contributed by atoms with E-state index in [9.17, 15) is 0 Å². The predicted octanol–water partition coefficient (Wildman–Crippen LogP) is 3.71. The topological polar surface area (TPSA) is 25.2 Å². The van der Waals surface area contributed by atoms with Crippen molar-refractivity contribution in [1.82, 2.24) is 5.32 Å². The lowest BCUT2D eigenvalue weighted by molar-refractivity contribution is 0.359. The second-order valence-corrected chi connectivity index (χ2v) is 6.03. The summed E-state index contributed by atoms with van der Waals surface area (Å²) in [5.74, 6) is 1.000. The van der Waals surface area contributed by atoms with Crippen LogP contribution in [0.1, 0.15) is 38.9 Å². The first kappa shape index (κ1) is 11.2. The van der Waals surface area contributed by atoms with Crippen molar-refractivity contribution >= 4 is 15.9 Å². The smallest absolute Gasteiger partial charge is 0.131 e. The van der Waals surface area contributed by atoms with Gasteiger partial charge in [0.05, 0.1) is 17.3 Å². The summed E-state index contributed by atoms with van der Waals surface area (Å²) in [6, 6.07) is 2.59. The van der Waals surface area contributed by atoms with Crippen molar-refractivity contribution < 1.29 is 4.42 Å². The molecule has 0 radical (unpaired) electrons. The average molecular weight is 272 g/mol. The molecule has 0 saturated heterocycles. The van der Waals surface area contributed by atoms with Crippen molar-refractivity contribution in [3.8, 4) is 0 Å². The van der Waals surface area contributed by atoms with Crippen LogP contribution in [0.5, 0.6) is 0 Å². The van der Waals surface area contributed by atoms with Crippen molar-refractivity contribution in [1.29, 1.82) is 0 Å². The van der Waals surface area contributed by atoms with Gasteiger partial charge in [-0.05, 0) is 46.7 Å². The molecular formula is C12H18BrNO. The van der Waals surface area contributed by atoms with Gasteiger partial charge in [-0.2, -0.15) is 0 Å². The van der Waals surface area contributed by atoms with Crippen LogP contribution in [0.25, 0.3) is 0 Å². The lowest BCUT2D eigenvalue weighted by atomic mass is 9.92. The minimum atomic E-state index is 0.512. The highest BCUT2D eigenvalue weighted by atomic mass is 79.9. The van der Waals surface area contributed by atoms with E-state index in [1.54, 1.807) is 6.26 Å². The van der Waals surface area contributed by atoms with E-state index < -0.39 is 0 Å². The molecule has 1 atom stereocenters. The van der Waals surface area contributed by atoms with Crippen LogP contribution in [-0.4, -0.2) is 6.04 Å². The Morgan fingerprint density at radius 3 is 2.93 bits per heavy atom. The third-order valence-electron chi connectivity index (χ3n) is 3.21. The van der Waals surface area contributed by atoms with E-state index in [-0.39, 0.29) is 0 Å². The maximum absolute atomic E-state index is 5.37. The summed E-state index contributed by atoms with van der Waals surface area (Å²) in [7, 11) is 0. The molecule has 1 heterocycles. The lowest BCUT2D eigenvalue weighted by Gasteiger charge is -2.17. The minimum Gasteiger partial charge on any atom is -0.467 e. The normalized spacial score (nSPS) is 24.6. The highest BCUT2D eigenvalue weighted by molar-refractivity contribution is 9.10. The molecule has 1 aliphatic rings. The van der Waals surface area contributed by atoms with Gasteiger partial charge in [-0.15, -0.1) is 0 Å². The standard InChI is InChI=1S/C12H18BrNO/c1-12(2)5-3-9(7-12)14-8-11-10(13)4-6-15-11/h4,6,9,14H,3,5,7-8H2,1-2H3. The summed E-state index contributed by atoms with van der Waals surface area (Å²) in [4.78, 5) is 0. The molecule has 1 N–H and O–H groups in total. The molecule has 1 unspecified atom stereocenters. The second-order valence-electron chi connectivity index (χ2n) is 5.18. The van der Waals surface area contributed by atoms with Gasteiger partial charge in [-0.25, -0.2) is 0 Å². The largest absolute Gasteiger partial charge is 0.467 e. The van der Waals surface area contributed by atoms with Crippen molar-refractivity contribution in [2.24, 2.45) is 5.41 Å². The van der Waals surface area contributed by atoms with Crippen LogP contribution >= 0.6 is 15.9 Å². The minimum absolute atomic E-state index is 0.512. The van der Waals surface area contributed by atoms with E-state index in [2.05, 4.69) is 35.1 Å². The van der Waals surface area contributed by atoms with Crippen LogP contribution in [0.15, 0.2) is 21.2 Å². The Bertz CT molecular complexity index is 332. The second kappa shape index (κ2) is 4.30. The van der Waals surface area contributed by atoms with Crippen molar-refractivity contribution in [2.45, 2.75) is 45.7 Å². The SMILES string of the molecule is CC1(C)CCC(NCc2occc2Br)C1. The highest BCUT2D eigenvalue weighted by Gasteiger charge is 2.30. The van der Waals surface area contributed by atoms with E-state index in [4.69, 9.17) is 4.42 Å². The number of nitrogens with one attached hydrogen (secondary N) is 1. The average Bonchev–Trinajstić information content (AvgIpc) is 2.69. The molecule has 0 bridgehead atoms. The Labute approximate surface area is 99.6 Å². The summed E-state index contributed by atoms with van der Waals surface area (Å²) >= 11 is 3.46. The van der Waals surface area contributed by atoms with Crippen molar-refractivity contribution in [3.63, 3.8) is 0 Å². The molecule has 1 saturated carbocycles. The first-order chi connectivity index (χ1) is 7.07. The van der Waals surface area contributed by atoms with Crippen LogP contribution in [-0.2, 0) is 6.54 Å². The van der Waals surface area contributed by atoms with Gasteiger partial charge in [0.1, 0.15) is 5.76 Å². The number of halogens is 1. The van der Waals surface area contributed by atoms with Crippen LogP contribution < -0.4 is 5.32 Å². The third kappa shape index (κ3) is 2.85. The Kier molecular flexibility index (Phi) is 3.21. The third-order valence-corrected chi connectivity index (χ3v) is 3.92. The van der Waals surface area contributed by atoms with Gasteiger partial charge >= 0.3 is 0 Å². The molecule has 1 aliphatic carbocycles. The van der Waals surface area contributed by atoms with Crippen molar-refractivity contribution in [2.75, 3.05) is 0 Å². The molecule has 0 amide bonds. The molecule has 84 valence electrons. The maximum Gasteiger partial charge on any atom is 0.131 e. The van der Waals surface area contributed by atoms with Gasteiger partial charge in [0.2, 0.25) is 0 Å². The van der Waals surface area contributed by atoms with Crippen LogP contribution in [0.3, 0.4) is 0 Å². The number of rotatable bonds is 3. The fourth-order valence-corrected chi connectivity index (χ4v) is 2.64. The molecule has 0 aromatic carbocycles. The van der Waals surface area contributed by atoms with Gasteiger partial charge < -0.3 is 9.73 Å². The maximum atomic E-state index is 5.37. The van der Waals surface area contributed by atoms with E-state index in [0.717, 1.165) is 16.8 Å². The predicted molar refractivity (Wildman–Crippen MR) is 64.7 cm³/mol. The van der Waals surface area contributed by atoms with Crippen molar-refractivity contribution in [3.05, 3.63) is 22.6 Å². The fraction of sp³-hybridized carbons (Fsp3) is 0.667. The summed E-state index contributed by atoms with van der Waals surface area (Å²) in [5.41, 5.74) is 0.512.